The van der Waals surface area contributed by atoms with Crippen LogP contribution in [-0.2, 0) is 21.2 Å². The fourth-order valence-electron chi connectivity index (χ4n) is 2.92. The molecule has 0 radical (unpaired) electrons. The number of hydrogen-bond donors (Lipinski definition) is 1. The van der Waals surface area contributed by atoms with E-state index in [0.29, 0.717) is 24.1 Å². The van der Waals surface area contributed by atoms with E-state index in [2.05, 4.69) is 5.32 Å². The first kappa shape index (κ1) is 16.0. The molecule has 1 aromatic heterocycles. The highest BCUT2D eigenvalue weighted by atomic mass is 32.2. The van der Waals surface area contributed by atoms with Crippen molar-refractivity contribution < 1.29 is 22.4 Å². The normalized spacial score (nSPS) is 20.0. The summed E-state index contributed by atoms with van der Waals surface area (Å²) in [5.74, 6) is 0.205. The third-order valence-electron chi connectivity index (χ3n) is 4.07. The number of methoxy groups -OCH3 is 1. The van der Waals surface area contributed by atoms with E-state index in [1.54, 1.807) is 13.2 Å². The molecule has 1 aliphatic heterocycles. The molecule has 1 atom stereocenters. The number of nitrogens with one attached hydrogen (secondary N) is 1. The summed E-state index contributed by atoms with van der Waals surface area (Å²) in [7, 11) is -1.38. The highest BCUT2D eigenvalue weighted by molar-refractivity contribution is 7.91. The Morgan fingerprint density at radius 1 is 1.39 bits per heavy atom. The number of carbonyl (C=O) groups is 1. The Morgan fingerprint density at radius 2 is 2.17 bits per heavy atom. The first-order chi connectivity index (χ1) is 11.0. The number of amides is 1. The molecule has 1 amide bonds. The van der Waals surface area contributed by atoms with Crippen molar-refractivity contribution in [3.05, 3.63) is 35.6 Å². The highest BCUT2D eigenvalue weighted by Crippen LogP contribution is 2.26. The van der Waals surface area contributed by atoms with E-state index in [4.69, 9.17) is 9.15 Å². The Bertz CT molecular complexity index is 824. The van der Waals surface area contributed by atoms with Gasteiger partial charge >= 0.3 is 0 Å². The zero-order chi connectivity index (χ0) is 16.4. The maximum Gasteiger partial charge on any atom is 0.287 e. The highest BCUT2D eigenvalue weighted by Gasteiger charge is 2.29. The average Bonchev–Trinajstić information content (AvgIpc) is 3.06. The van der Waals surface area contributed by atoms with Gasteiger partial charge in [-0.2, -0.15) is 0 Å². The van der Waals surface area contributed by atoms with Gasteiger partial charge in [0.25, 0.3) is 5.91 Å². The molecule has 3 rings (SSSR count). The third-order valence-corrected chi connectivity index (χ3v) is 5.91. The van der Waals surface area contributed by atoms with Crippen molar-refractivity contribution in [2.75, 3.05) is 25.2 Å². The van der Waals surface area contributed by atoms with Crippen molar-refractivity contribution in [1.82, 2.24) is 5.32 Å². The zero-order valence-corrected chi connectivity index (χ0v) is 13.7. The smallest absolute Gasteiger partial charge is 0.287 e. The summed E-state index contributed by atoms with van der Waals surface area (Å²) >= 11 is 0. The molecule has 7 heteroatoms. The monoisotopic (exact) mass is 337 g/mol. The molecular weight excluding hydrogens is 318 g/mol. The molecule has 0 saturated carbocycles. The summed E-state index contributed by atoms with van der Waals surface area (Å²) in [6, 6.07) is 7.40. The number of ether oxygens (including phenoxy) is 1. The number of carbonyl (C=O) groups excluding carboxylic acids is 1. The molecule has 1 aromatic carbocycles. The van der Waals surface area contributed by atoms with E-state index in [-0.39, 0.29) is 35.7 Å². The van der Waals surface area contributed by atoms with Crippen molar-refractivity contribution in [3.63, 3.8) is 0 Å². The fraction of sp³-hybridized carbons (Fsp3) is 0.438. The predicted molar refractivity (Wildman–Crippen MR) is 86.0 cm³/mol. The Hall–Kier alpha value is -1.86. The maximum atomic E-state index is 12.4. The summed E-state index contributed by atoms with van der Waals surface area (Å²) in [5.41, 5.74) is 1.34. The van der Waals surface area contributed by atoms with Gasteiger partial charge in [0.05, 0.1) is 18.1 Å². The van der Waals surface area contributed by atoms with Gasteiger partial charge in [0, 0.05) is 24.6 Å². The van der Waals surface area contributed by atoms with Crippen LogP contribution in [0.4, 0.5) is 0 Å². The van der Waals surface area contributed by atoms with Crippen molar-refractivity contribution in [3.8, 4) is 0 Å². The van der Waals surface area contributed by atoms with E-state index < -0.39 is 9.84 Å². The molecule has 6 nitrogen and oxygen atoms in total. The zero-order valence-electron chi connectivity index (χ0n) is 12.9. The van der Waals surface area contributed by atoms with Crippen LogP contribution in [0.25, 0.3) is 11.0 Å². The van der Waals surface area contributed by atoms with Crippen LogP contribution in [0.3, 0.4) is 0 Å². The van der Waals surface area contributed by atoms with Crippen LogP contribution in [0.1, 0.15) is 22.5 Å². The summed E-state index contributed by atoms with van der Waals surface area (Å²) in [5, 5.41) is 3.64. The average molecular weight is 337 g/mol. The van der Waals surface area contributed by atoms with E-state index in [1.165, 1.54) is 0 Å². The van der Waals surface area contributed by atoms with E-state index >= 15 is 0 Å². The van der Waals surface area contributed by atoms with Crippen LogP contribution in [0.5, 0.6) is 0 Å². The van der Waals surface area contributed by atoms with Crippen LogP contribution < -0.4 is 5.32 Å². The van der Waals surface area contributed by atoms with Crippen LogP contribution in [0.2, 0.25) is 0 Å². The van der Waals surface area contributed by atoms with Gasteiger partial charge in [-0.3, -0.25) is 4.79 Å². The van der Waals surface area contributed by atoms with Crippen LogP contribution in [0.15, 0.2) is 28.7 Å². The summed E-state index contributed by atoms with van der Waals surface area (Å²) < 4.78 is 33.8. The van der Waals surface area contributed by atoms with Gasteiger partial charge in [-0.05, 0) is 18.4 Å². The molecule has 0 aliphatic carbocycles. The van der Waals surface area contributed by atoms with E-state index in [0.717, 1.165) is 5.39 Å². The predicted octanol–water partition coefficient (Wildman–Crippen LogP) is 1.74. The van der Waals surface area contributed by atoms with Crippen molar-refractivity contribution in [2.45, 2.75) is 13.0 Å². The molecular formula is C16H19NO5S. The second-order valence-corrected chi connectivity index (χ2v) is 8.05. The number of para-hydroxylation sites is 1. The van der Waals surface area contributed by atoms with Crippen molar-refractivity contribution in [1.29, 1.82) is 0 Å². The quantitative estimate of drug-likeness (QED) is 0.898. The Morgan fingerprint density at radius 3 is 2.87 bits per heavy atom. The number of hydrogen-bond acceptors (Lipinski definition) is 5. The molecule has 1 aliphatic rings. The van der Waals surface area contributed by atoms with Crippen molar-refractivity contribution >= 4 is 26.7 Å². The molecule has 0 spiro atoms. The van der Waals surface area contributed by atoms with Gasteiger partial charge in [-0.1, -0.05) is 18.2 Å². The molecule has 0 bridgehead atoms. The first-order valence-corrected chi connectivity index (χ1v) is 9.30. The maximum absolute atomic E-state index is 12.4. The largest absolute Gasteiger partial charge is 0.451 e. The topological polar surface area (TPSA) is 85.6 Å². The minimum Gasteiger partial charge on any atom is -0.451 e. The van der Waals surface area contributed by atoms with Crippen LogP contribution in [0, 0.1) is 5.92 Å². The second-order valence-electron chi connectivity index (χ2n) is 5.82. The number of fused-ring (bicyclic) bond motifs is 1. The molecule has 1 unspecified atom stereocenters. The van der Waals surface area contributed by atoms with Crippen molar-refractivity contribution in [2.24, 2.45) is 5.92 Å². The SMILES string of the molecule is COCc1c(C(=O)NCC2CCS(=O)(=O)C2)oc2ccccc12. The number of benzene rings is 1. The van der Waals surface area contributed by atoms with Gasteiger partial charge in [0.15, 0.2) is 15.6 Å². The fourth-order valence-corrected chi connectivity index (χ4v) is 4.78. The van der Waals surface area contributed by atoms with Crippen LogP contribution >= 0.6 is 0 Å². The van der Waals surface area contributed by atoms with Gasteiger partial charge < -0.3 is 14.5 Å². The van der Waals surface area contributed by atoms with E-state index in [9.17, 15) is 13.2 Å². The van der Waals surface area contributed by atoms with Gasteiger partial charge in [0.2, 0.25) is 0 Å². The molecule has 1 N–H and O–H groups in total. The molecule has 23 heavy (non-hydrogen) atoms. The molecule has 1 fully saturated rings. The van der Waals surface area contributed by atoms with E-state index in [1.807, 2.05) is 18.2 Å². The molecule has 1 saturated heterocycles. The number of rotatable bonds is 5. The minimum atomic E-state index is -2.94. The third kappa shape index (κ3) is 3.40. The van der Waals surface area contributed by atoms with Gasteiger partial charge in [0.1, 0.15) is 5.58 Å². The Labute approximate surface area is 134 Å². The summed E-state index contributed by atoms with van der Waals surface area (Å²) in [4.78, 5) is 12.4. The van der Waals surface area contributed by atoms with Crippen LogP contribution in [-0.4, -0.2) is 39.5 Å². The molecule has 2 aromatic rings. The lowest BCUT2D eigenvalue weighted by Gasteiger charge is -2.09. The Kier molecular flexibility index (Phi) is 4.41. The second kappa shape index (κ2) is 6.33. The number of sulfone groups is 1. The molecule has 124 valence electrons. The minimum absolute atomic E-state index is 0.0285. The Balaban J connectivity index is 1.76. The standard InChI is InChI=1S/C16H19NO5S/c1-21-9-13-12-4-2-3-5-14(12)22-15(13)16(18)17-8-11-6-7-23(19,20)10-11/h2-5,11H,6-10H2,1H3,(H,17,18). The molecule has 2 heterocycles. The lowest BCUT2D eigenvalue weighted by atomic mass is 10.1. The summed E-state index contributed by atoms with van der Waals surface area (Å²) in [6.07, 6.45) is 0.591. The first-order valence-electron chi connectivity index (χ1n) is 7.48. The van der Waals surface area contributed by atoms with Gasteiger partial charge in [-0.25, -0.2) is 8.42 Å². The summed E-state index contributed by atoms with van der Waals surface area (Å²) in [6.45, 7) is 0.610. The van der Waals surface area contributed by atoms with Gasteiger partial charge in [-0.15, -0.1) is 0 Å². The lowest BCUT2D eigenvalue weighted by molar-refractivity contribution is 0.0916. The number of furan rings is 1. The lowest BCUT2D eigenvalue weighted by Crippen LogP contribution is -2.30.